The Kier molecular flexibility index (Phi) is 4.75. The number of amides is 2. The topological polar surface area (TPSA) is 88.2 Å². The fourth-order valence-corrected chi connectivity index (χ4v) is 2.49. The summed E-state index contributed by atoms with van der Waals surface area (Å²) in [5, 5.41) is 17.5. The first-order chi connectivity index (χ1) is 10.6. The molecule has 0 radical (unpaired) electrons. The van der Waals surface area contributed by atoms with Crippen molar-refractivity contribution >= 4 is 17.5 Å². The standard InChI is InChI=1S/C16H16N4O2/c1-12-2-4-14(5-3-12)20-11-13(10-15(20)21)16(22)19(8-6-17)9-7-18/h2-5,13H,8-11H2,1H3/t13-/m0/s1. The van der Waals surface area contributed by atoms with Crippen molar-refractivity contribution in [3.05, 3.63) is 29.8 Å². The average Bonchev–Trinajstić information content (AvgIpc) is 2.89. The Labute approximate surface area is 129 Å². The van der Waals surface area contributed by atoms with Gasteiger partial charge in [-0.15, -0.1) is 0 Å². The molecule has 1 atom stereocenters. The van der Waals surface area contributed by atoms with E-state index in [1.54, 1.807) is 4.90 Å². The lowest BCUT2D eigenvalue weighted by molar-refractivity contribution is -0.134. The summed E-state index contributed by atoms with van der Waals surface area (Å²) in [4.78, 5) is 27.3. The van der Waals surface area contributed by atoms with Crippen molar-refractivity contribution in [2.24, 2.45) is 5.92 Å². The molecule has 0 bridgehead atoms. The largest absolute Gasteiger partial charge is 0.316 e. The lowest BCUT2D eigenvalue weighted by atomic mass is 10.1. The van der Waals surface area contributed by atoms with Crippen molar-refractivity contribution in [1.29, 1.82) is 10.5 Å². The highest BCUT2D eigenvalue weighted by Crippen LogP contribution is 2.26. The second-order valence-electron chi connectivity index (χ2n) is 5.25. The highest BCUT2D eigenvalue weighted by molar-refractivity contribution is 6.00. The lowest BCUT2D eigenvalue weighted by Gasteiger charge is -2.20. The number of hydrogen-bond donors (Lipinski definition) is 0. The van der Waals surface area contributed by atoms with E-state index in [4.69, 9.17) is 10.5 Å². The molecule has 0 spiro atoms. The fourth-order valence-electron chi connectivity index (χ4n) is 2.49. The van der Waals surface area contributed by atoms with Crippen LogP contribution < -0.4 is 4.90 Å². The maximum absolute atomic E-state index is 12.3. The van der Waals surface area contributed by atoms with Gasteiger partial charge in [0.15, 0.2) is 0 Å². The van der Waals surface area contributed by atoms with Gasteiger partial charge in [-0.25, -0.2) is 0 Å². The normalized spacial score (nSPS) is 17.0. The van der Waals surface area contributed by atoms with E-state index >= 15 is 0 Å². The molecule has 0 aliphatic carbocycles. The summed E-state index contributed by atoms with van der Waals surface area (Å²) in [5.41, 5.74) is 1.86. The van der Waals surface area contributed by atoms with Gasteiger partial charge < -0.3 is 9.80 Å². The zero-order chi connectivity index (χ0) is 16.1. The van der Waals surface area contributed by atoms with Gasteiger partial charge in [-0.05, 0) is 19.1 Å². The van der Waals surface area contributed by atoms with E-state index in [-0.39, 0.29) is 37.9 Å². The van der Waals surface area contributed by atoms with Crippen molar-refractivity contribution in [1.82, 2.24) is 4.90 Å². The minimum Gasteiger partial charge on any atom is -0.316 e. The third kappa shape index (κ3) is 3.24. The molecule has 2 amide bonds. The van der Waals surface area contributed by atoms with Gasteiger partial charge in [-0.3, -0.25) is 9.59 Å². The first-order valence-electron chi connectivity index (χ1n) is 6.96. The van der Waals surface area contributed by atoms with Gasteiger partial charge in [0.05, 0.1) is 18.1 Å². The molecule has 0 saturated carbocycles. The van der Waals surface area contributed by atoms with Crippen molar-refractivity contribution in [2.75, 3.05) is 24.5 Å². The molecule has 6 heteroatoms. The highest BCUT2D eigenvalue weighted by Gasteiger charge is 2.37. The van der Waals surface area contributed by atoms with Crippen LogP contribution in [-0.2, 0) is 9.59 Å². The van der Waals surface area contributed by atoms with E-state index in [1.165, 1.54) is 4.90 Å². The summed E-state index contributed by atoms with van der Waals surface area (Å²) in [6, 6.07) is 11.3. The smallest absolute Gasteiger partial charge is 0.229 e. The summed E-state index contributed by atoms with van der Waals surface area (Å²) >= 11 is 0. The Balaban J connectivity index is 2.11. The number of anilines is 1. The van der Waals surface area contributed by atoms with Gasteiger partial charge in [0.25, 0.3) is 0 Å². The molecule has 22 heavy (non-hydrogen) atoms. The van der Waals surface area contributed by atoms with E-state index in [9.17, 15) is 9.59 Å². The molecule has 0 aromatic heterocycles. The number of nitriles is 2. The number of aryl methyl sites for hydroxylation is 1. The molecule has 6 nitrogen and oxygen atoms in total. The lowest BCUT2D eigenvalue weighted by Crippen LogP contribution is -2.38. The van der Waals surface area contributed by atoms with Crippen LogP contribution in [0.25, 0.3) is 0 Å². The molecular weight excluding hydrogens is 280 g/mol. The van der Waals surface area contributed by atoms with Crippen LogP contribution in [0.2, 0.25) is 0 Å². The molecule has 0 unspecified atom stereocenters. The quantitative estimate of drug-likeness (QED) is 0.782. The van der Waals surface area contributed by atoms with Gasteiger partial charge in [0.1, 0.15) is 13.1 Å². The minimum atomic E-state index is -0.504. The van der Waals surface area contributed by atoms with Crippen LogP contribution in [0.1, 0.15) is 12.0 Å². The second kappa shape index (κ2) is 6.73. The monoisotopic (exact) mass is 296 g/mol. The zero-order valence-corrected chi connectivity index (χ0v) is 12.3. The van der Waals surface area contributed by atoms with E-state index in [1.807, 2.05) is 43.3 Å². The van der Waals surface area contributed by atoms with Gasteiger partial charge in [-0.2, -0.15) is 10.5 Å². The van der Waals surface area contributed by atoms with Gasteiger partial charge in [0.2, 0.25) is 11.8 Å². The first kappa shape index (κ1) is 15.5. The molecule has 112 valence electrons. The molecule has 1 fully saturated rings. The van der Waals surface area contributed by atoms with E-state index in [0.717, 1.165) is 11.3 Å². The molecule has 1 saturated heterocycles. The Morgan fingerprint density at radius 1 is 1.27 bits per heavy atom. The van der Waals surface area contributed by atoms with Crippen LogP contribution in [0.5, 0.6) is 0 Å². The number of rotatable bonds is 4. The van der Waals surface area contributed by atoms with Crippen molar-refractivity contribution < 1.29 is 9.59 Å². The van der Waals surface area contributed by atoms with Crippen LogP contribution in [0, 0.1) is 35.5 Å². The van der Waals surface area contributed by atoms with Crippen molar-refractivity contribution in [3.63, 3.8) is 0 Å². The van der Waals surface area contributed by atoms with Gasteiger partial charge >= 0.3 is 0 Å². The maximum atomic E-state index is 12.3. The summed E-state index contributed by atoms with van der Waals surface area (Å²) in [6.45, 7) is 1.97. The predicted octanol–water partition coefficient (Wildman–Crippen LogP) is 1.22. The average molecular weight is 296 g/mol. The summed E-state index contributed by atoms with van der Waals surface area (Å²) in [7, 11) is 0. The van der Waals surface area contributed by atoms with Crippen LogP contribution in [0.15, 0.2) is 24.3 Å². The van der Waals surface area contributed by atoms with Gasteiger partial charge in [0, 0.05) is 18.7 Å². The highest BCUT2D eigenvalue weighted by atomic mass is 16.2. The van der Waals surface area contributed by atoms with Gasteiger partial charge in [-0.1, -0.05) is 17.7 Å². The maximum Gasteiger partial charge on any atom is 0.229 e. The first-order valence-corrected chi connectivity index (χ1v) is 6.96. The molecule has 0 N–H and O–H groups in total. The van der Waals surface area contributed by atoms with Crippen LogP contribution in [0.4, 0.5) is 5.69 Å². The van der Waals surface area contributed by atoms with E-state index in [2.05, 4.69) is 0 Å². The van der Waals surface area contributed by atoms with Crippen molar-refractivity contribution in [2.45, 2.75) is 13.3 Å². The number of hydrogen-bond acceptors (Lipinski definition) is 4. The Bertz CT molecular complexity index is 638. The van der Waals surface area contributed by atoms with Crippen LogP contribution >= 0.6 is 0 Å². The molecule has 1 heterocycles. The molecule has 1 aromatic rings. The Morgan fingerprint density at radius 3 is 2.41 bits per heavy atom. The summed E-state index contributed by atoms with van der Waals surface area (Å²) in [6.07, 6.45) is 0.111. The SMILES string of the molecule is Cc1ccc(N2C[C@@H](C(=O)N(CC#N)CC#N)CC2=O)cc1. The van der Waals surface area contributed by atoms with Crippen molar-refractivity contribution in [3.8, 4) is 12.1 Å². The summed E-state index contributed by atoms with van der Waals surface area (Å²) < 4.78 is 0. The van der Waals surface area contributed by atoms with Crippen LogP contribution in [-0.4, -0.2) is 36.3 Å². The molecule has 2 rings (SSSR count). The van der Waals surface area contributed by atoms with E-state index in [0.29, 0.717) is 0 Å². The number of benzene rings is 1. The second-order valence-corrected chi connectivity index (χ2v) is 5.25. The molecule has 1 aliphatic rings. The molecule has 1 aromatic carbocycles. The zero-order valence-electron chi connectivity index (χ0n) is 12.3. The Morgan fingerprint density at radius 2 is 1.86 bits per heavy atom. The van der Waals surface area contributed by atoms with Crippen LogP contribution in [0.3, 0.4) is 0 Å². The minimum absolute atomic E-state index is 0.111. The number of carbonyl (C=O) groups is 2. The number of nitrogens with zero attached hydrogens (tertiary/aromatic N) is 4. The third-order valence-corrected chi connectivity index (χ3v) is 3.65. The third-order valence-electron chi connectivity index (χ3n) is 3.65. The Hall–Kier alpha value is -2.86. The number of carbonyl (C=O) groups excluding carboxylic acids is 2. The predicted molar refractivity (Wildman–Crippen MR) is 79.4 cm³/mol. The van der Waals surface area contributed by atoms with E-state index < -0.39 is 5.92 Å². The molecular formula is C16H16N4O2. The molecule has 1 aliphatic heterocycles. The summed E-state index contributed by atoms with van der Waals surface area (Å²) in [5.74, 6) is -0.933. The fraction of sp³-hybridized carbons (Fsp3) is 0.375.